The van der Waals surface area contributed by atoms with E-state index in [1.807, 2.05) is 31.4 Å². The van der Waals surface area contributed by atoms with Gasteiger partial charge in [-0.25, -0.2) is 0 Å². The predicted octanol–water partition coefficient (Wildman–Crippen LogP) is 2.38. The molecule has 2 rings (SSSR count). The second kappa shape index (κ2) is 6.04. The molecule has 0 saturated carbocycles. The molecule has 1 amide bonds. The van der Waals surface area contributed by atoms with E-state index in [0.717, 1.165) is 0 Å². The van der Waals surface area contributed by atoms with Crippen LogP contribution >= 0.6 is 11.3 Å². The van der Waals surface area contributed by atoms with Crippen LogP contribution in [0.5, 0.6) is 0 Å². The van der Waals surface area contributed by atoms with Gasteiger partial charge >= 0.3 is 0 Å². The number of Topliss-reactive ketones (excluding diaryl/α,β-unsaturated/α-hetero) is 1. The minimum absolute atomic E-state index is 0.205. The maximum absolute atomic E-state index is 12.3. The number of hydrogen-bond acceptors (Lipinski definition) is 4. The highest BCUT2D eigenvalue weighted by Gasteiger charge is 2.27. The normalized spacial score (nSPS) is 11.5. The summed E-state index contributed by atoms with van der Waals surface area (Å²) in [6.45, 7) is 8.03. The molecular formula is C16H21N3O2S. The number of rotatable bonds is 5. The van der Waals surface area contributed by atoms with Crippen LogP contribution in [0.25, 0.3) is 0 Å². The fourth-order valence-electron chi connectivity index (χ4n) is 2.35. The number of amides is 1. The zero-order chi connectivity index (χ0) is 16.5. The summed E-state index contributed by atoms with van der Waals surface area (Å²) in [5, 5.41) is 8.94. The van der Waals surface area contributed by atoms with Gasteiger partial charge in [-0.3, -0.25) is 14.3 Å². The molecule has 0 aliphatic heterocycles. The largest absolute Gasteiger partial charge is 0.348 e. The van der Waals surface area contributed by atoms with Crippen molar-refractivity contribution >= 4 is 23.0 Å². The summed E-state index contributed by atoms with van der Waals surface area (Å²) in [5.41, 5.74) is 1.48. The van der Waals surface area contributed by atoms with Gasteiger partial charge in [0.1, 0.15) is 0 Å². The average molecular weight is 319 g/mol. The number of hydrogen-bond donors (Lipinski definition) is 1. The van der Waals surface area contributed by atoms with Crippen LogP contribution in [0.3, 0.4) is 0 Å². The quantitative estimate of drug-likeness (QED) is 0.680. The number of ketones is 1. The van der Waals surface area contributed by atoms with Crippen molar-refractivity contribution in [3.63, 3.8) is 0 Å². The first-order valence-corrected chi connectivity index (χ1v) is 7.98. The Labute approximate surface area is 134 Å². The van der Waals surface area contributed by atoms with Crippen molar-refractivity contribution < 1.29 is 9.59 Å². The molecule has 0 saturated heterocycles. The van der Waals surface area contributed by atoms with Gasteiger partial charge in [-0.05, 0) is 25.3 Å². The zero-order valence-electron chi connectivity index (χ0n) is 13.6. The molecule has 6 heteroatoms. The van der Waals surface area contributed by atoms with E-state index in [9.17, 15) is 9.59 Å². The second-order valence-electron chi connectivity index (χ2n) is 6.04. The van der Waals surface area contributed by atoms with E-state index in [1.54, 1.807) is 36.9 Å². The molecule has 2 heterocycles. The molecule has 0 aliphatic rings. The maximum Gasteiger partial charge on any atom is 0.292 e. The summed E-state index contributed by atoms with van der Waals surface area (Å²) >= 11 is 1.64. The molecule has 2 aromatic rings. The molecule has 1 N–H and O–H groups in total. The van der Waals surface area contributed by atoms with Gasteiger partial charge in [0, 0.05) is 29.6 Å². The van der Waals surface area contributed by atoms with Crippen molar-refractivity contribution in [2.45, 2.75) is 33.1 Å². The Morgan fingerprint density at radius 2 is 2.05 bits per heavy atom. The summed E-state index contributed by atoms with van der Waals surface area (Å²) < 4.78 is 1.62. The van der Waals surface area contributed by atoms with Crippen LogP contribution < -0.4 is 5.32 Å². The topological polar surface area (TPSA) is 64.0 Å². The number of aromatic nitrogens is 2. The van der Waals surface area contributed by atoms with Crippen LogP contribution in [-0.2, 0) is 17.3 Å². The lowest BCUT2D eigenvalue weighted by Gasteiger charge is -2.23. The van der Waals surface area contributed by atoms with E-state index in [-0.39, 0.29) is 5.41 Å². The van der Waals surface area contributed by atoms with E-state index in [2.05, 4.69) is 10.4 Å². The van der Waals surface area contributed by atoms with Gasteiger partial charge in [0.15, 0.2) is 0 Å². The van der Waals surface area contributed by atoms with E-state index < -0.39 is 11.7 Å². The Hall–Kier alpha value is -1.95. The number of nitrogens with one attached hydrogen (secondary N) is 1. The van der Waals surface area contributed by atoms with Crippen LogP contribution in [0.2, 0.25) is 0 Å². The Balaban J connectivity index is 2.08. The number of carbonyl (C=O) groups excluding carboxylic acids is 2. The summed E-state index contributed by atoms with van der Waals surface area (Å²) in [6, 6.07) is 4.02. The highest BCUT2D eigenvalue weighted by Crippen LogP contribution is 2.26. The highest BCUT2D eigenvalue weighted by atomic mass is 32.1. The molecule has 0 aromatic carbocycles. The van der Waals surface area contributed by atoms with Crippen molar-refractivity contribution in [3.8, 4) is 0 Å². The number of nitrogens with zero attached hydrogens (tertiary/aromatic N) is 2. The van der Waals surface area contributed by atoms with Gasteiger partial charge in [-0.1, -0.05) is 19.9 Å². The fraction of sp³-hybridized carbons (Fsp3) is 0.438. The van der Waals surface area contributed by atoms with Crippen molar-refractivity contribution in [1.29, 1.82) is 0 Å². The summed E-state index contributed by atoms with van der Waals surface area (Å²) in [7, 11) is 1.76. The molecule has 0 radical (unpaired) electrons. The number of aryl methyl sites for hydroxylation is 2. The van der Waals surface area contributed by atoms with Gasteiger partial charge < -0.3 is 5.32 Å². The zero-order valence-corrected chi connectivity index (χ0v) is 14.4. The molecule has 0 fully saturated rings. The first kappa shape index (κ1) is 16.4. The number of carbonyl (C=O) groups is 2. The average Bonchev–Trinajstić information content (AvgIpc) is 3.06. The molecule has 2 aromatic heterocycles. The summed E-state index contributed by atoms with van der Waals surface area (Å²) in [5.74, 6) is -1.10. The van der Waals surface area contributed by atoms with Gasteiger partial charge in [0.25, 0.3) is 11.7 Å². The molecule has 5 nitrogen and oxygen atoms in total. The van der Waals surface area contributed by atoms with Gasteiger partial charge in [-0.2, -0.15) is 5.10 Å². The highest BCUT2D eigenvalue weighted by molar-refractivity contribution is 7.10. The molecule has 0 bridgehead atoms. The smallest absolute Gasteiger partial charge is 0.292 e. The Morgan fingerprint density at radius 1 is 1.36 bits per heavy atom. The molecule has 0 atom stereocenters. The van der Waals surface area contributed by atoms with Crippen molar-refractivity contribution in [2.75, 3.05) is 6.54 Å². The summed E-state index contributed by atoms with van der Waals surface area (Å²) in [4.78, 5) is 25.7. The van der Waals surface area contributed by atoms with E-state index in [1.165, 1.54) is 4.88 Å². The van der Waals surface area contributed by atoms with Crippen molar-refractivity contribution in [2.24, 2.45) is 7.05 Å². The third-order valence-corrected chi connectivity index (χ3v) is 5.06. The SMILES string of the molecule is Cc1nn(C)c(C)c1C(=O)C(=O)NCC(C)(C)c1cccs1. The maximum atomic E-state index is 12.3. The lowest BCUT2D eigenvalue weighted by Crippen LogP contribution is -2.39. The molecule has 0 aliphatic carbocycles. The summed E-state index contributed by atoms with van der Waals surface area (Å²) in [6.07, 6.45) is 0. The molecular weight excluding hydrogens is 298 g/mol. The minimum atomic E-state index is -0.580. The minimum Gasteiger partial charge on any atom is -0.348 e. The van der Waals surface area contributed by atoms with Crippen LogP contribution in [0, 0.1) is 13.8 Å². The van der Waals surface area contributed by atoms with E-state index in [0.29, 0.717) is 23.5 Å². The molecule has 118 valence electrons. The lowest BCUT2D eigenvalue weighted by molar-refractivity contribution is -0.117. The van der Waals surface area contributed by atoms with E-state index in [4.69, 9.17) is 0 Å². The lowest BCUT2D eigenvalue weighted by atomic mass is 9.91. The second-order valence-corrected chi connectivity index (χ2v) is 6.99. The molecule has 22 heavy (non-hydrogen) atoms. The fourth-order valence-corrected chi connectivity index (χ4v) is 3.20. The number of thiophene rings is 1. The van der Waals surface area contributed by atoms with Gasteiger partial charge in [0.05, 0.1) is 11.3 Å². The Bertz CT molecular complexity index is 699. The van der Waals surface area contributed by atoms with Gasteiger partial charge in [-0.15, -0.1) is 11.3 Å². The van der Waals surface area contributed by atoms with Crippen LogP contribution in [0.4, 0.5) is 0 Å². The standard InChI is InChI=1S/C16H21N3O2S/c1-10-13(11(2)19(5)18-10)14(20)15(21)17-9-16(3,4)12-7-6-8-22-12/h6-8H,9H2,1-5H3,(H,17,21). The van der Waals surface area contributed by atoms with Crippen LogP contribution in [0.15, 0.2) is 17.5 Å². The van der Waals surface area contributed by atoms with Crippen molar-refractivity contribution in [1.82, 2.24) is 15.1 Å². The third-order valence-electron chi connectivity index (χ3n) is 3.82. The first-order chi connectivity index (χ1) is 10.2. The van der Waals surface area contributed by atoms with Crippen LogP contribution in [0.1, 0.15) is 40.5 Å². The van der Waals surface area contributed by atoms with E-state index >= 15 is 0 Å². The van der Waals surface area contributed by atoms with Crippen molar-refractivity contribution in [3.05, 3.63) is 39.3 Å². The Morgan fingerprint density at radius 3 is 2.55 bits per heavy atom. The Kier molecular flexibility index (Phi) is 4.51. The van der Waals surface area contributed by atoms with Crippen LogP contribution in [-0.4, -0.2) is 28.0 Å². The predicted molar refractivity (Wildman–Crippen MR) is 87.4 cm³/mol. The monoisotopic (exact) mass is 319 g/mol. The molecule has 0 unspecified atom stereocenters. The third kappa shape index (κ3) is 3.11. The molecule has 0 spiro atoms. The first-order valence-electron chi connectivity index (χ1n) is 7.10. The van der Waals surface area contributed by atoms with Gasteiger partial charge in [0.2, 0.25) is 0 Å².